The monoisotopic (exact) mass is 465 g/mol. The van der Waals surface area contributed by atoms with Gasteiger partial charge in [0.05, 0.1) is 10.6 Å². The molecule has 3 aromatic rings. The molecule has 1 amide bonds. The van der Waals surface area contributed by atoms with E-state index in [1.54, 1.807) is 4.90 Å². The zero-order chi connectivity index (χ0) is 21.8. The standard InChI is InChI=1S/C25H20ClNO2S2/c1-2-17-5-11-21(12-6-17)27-24(28)23(31-25(27)30)15-18-7-13-22(14-8-18)29-16-19-3-9-20(26)10-4-19/h3-15H,2,16H2,1H3/b23-15-. The van der Waals surface area contributed by atoms with Gasteiger partial charge in [0.2, 0.25) is 0 Å². The molecule has 31 heavy (non-hydrogen) atoms. The van der Waals surface area contributed by atoms with Crippen LogP contribution in [0.3, 0.4) is 0 Å². The molecular formula is C25H20ClNO2S2. The van der Waals surface area contributed by atoms with Crippen LogP contribution in [-0.2, 0) is 17.8 Å². The van der Waals surface area contributed by atoms with E-state index in [-0.39, 0.29) is 5.91 Å². The Morgan fingerprint density at radius 2 is 1.61 bits per heavy atom. The highest BCUT2D eigenvalue weighted by Gasteiger charge is 2.33. The second-order valence-electron chi connectivity index (χ2n) is 7.02. The van der Waals surface area contributed by atoms with Crippen LogP contribution in [0.5, 0.6) is 5.75 Å². The zero-order valence-electron chi connectivity index (χ0n) is 16.9. The van der Waals surface area contributed by atoms with Gasteiger partial charge in [-0.15, -0.1) is 0 Å². The topological polar surface area (TPSA) is 29.5 Å². The molecule has 0 aliphatic carbocycles. The minimum Gasteiger partial charge on any atom is -0.489 e. The van der Waals surface area contributed by atoms with Gasteiger partial charge in [-0.2, -0.15) is 0 Å². The molecule has 6 heteroatoms. The van der Waals surface area contributed by atoms with Crippen molar-refractivity contribution in [2.45, 2.75) is 20.0 Å². The number of amides is 1. The number of halogens is 1. The fraction of sp³-hybridized carbons (Fsp3) is 0.120. The number of rotatable bonds is 6. The average molecular weight is 466 g/mol. The molecule has 0 N–H and O–H groups in total. The third-order valence-electron chi connectivity index (χ3n) is 4.89. The van der Waals surface area contributed by atoms with Crippen molar-refractivity contribution in [1.82, 2.24) is 0 Å². The van der Waals surface area contributed by atoms with Gasteiger partial charge in [0.15, 0.2) is 4.32 Å². The van der Waals surface area contributed by atoms with E-state index in [0.29, 0.717) is 20.9 Å². The number of ether oxygens (including phenoxy) is 1. The molecule has 0 radical (unpaired) electrons. The maximum absolute atomic E-state index is 12.9. The fourth-order valence-corrected chi connectivity index (χ4v) is 4.55. The van der Waals surface area contributed by atoms with Crippen LogP contribution in [0.4, 0.5) is 5.69 Å². The van der Waals surface area contributed by atoms with E-state index in [4.69, 9.17) is 28.6 Å². The van der Waals surface area contributed by atoms with Crippen molar-refractivity contribution in [3.63, 3.8) is 0 Å². The first kappa shape index (κ1) is 21.6. The van der Waals surface area contributed by atoms with Gasteiger partial charge in [0, 0.05) is 5.02 Å². The number of carbonyl (C=O) groups excluding carboxylic acids is 1. The lowest BCUT2D eigenvalue weighted by atomic mass is 10.1. The summed E-state index contributed by atoms with van der Waals surface area (Å²) >= 11 is 12.7. The maximum Gasteiger partial charge on any atom is 0.270 e. The summed E-state index contributed by atoms with van der Waals surface area (Å²) in [6, 6.07) is 23.2. The number of thioether (sulfide) groups is 1. The van der Waals surface area contributed by atoms with Crippen molar-refractivity contribution in [2.24, 2.45) is 0 Å². The van der Waals surface area contributed by atoms with Gasteiger partial charge in [-0.3, -0.25) is 9.69 Å². The summed E-state index contributed by atoms with van der Waals surface area (Å²) in [7, 11) is 0. The Kier molecular flexibility index (Phi) is 6.76. The largest absolute Gasteiger partial charge is 0.489 e. The number of hydrogen-bond donors (Lipinski definition) is 0. The first-order valence-corrected chi connectivity index (χ1v) is 11.5. The van der Waals surface area contributed by atoms with Crippen LogP contribution in [0.2, 0.25) is 5.02 Å². The van der Waals surface area contributed by atoms with Crippen LogP contribution in [0, 0.1) is 0 Å². The van der Waals surface area contributed by atoms with Crippen molar-refractivity contribution in [3.8, 4) is 5.75 Å². The molecule has 0 bridgehead atoms. The Hall–Kier alpha value is -2.60. The zero-order valence-corrected chi connectivity index (χ0v) is 19.3. The molecule has 1 saturated heterocycles. The van der Waals surface area contributed by atoms with Gasteiger partial charge < -0.3 is 4.74 Å². The Bertz CT molecular complexity index is 1120. The molecule has 1 aliphatic heterocycles. The average Bonchev–Trinajstić information content (AvgIpc) is 3.07. The van der Waals surface area contributed by atoms with Crippen molar-refractivity contribution in [3.05, 3.63) is 99.4 Å². The third kappa shape index (κ3) is 5.18. The summed E-state index contributed by atoms with van der Waals surface area (Å²) in [5.74, 6) is 0.665. The molecule has 0 saturated carbocycles. The second kappa shape index (κ2) is 9.69. The van der Waals surface area contributed by atoms with Gasteiger partial charge in [0.1, 0.15) is 12.4 Å². The Morgan fingerprint density at radius 3 is 2.26 bits per heavy atom. The van der Waals surface area contributed by atoms with Gasteiger partial charge >= 0.3 is 0 Å². The molecule has 3 aromatic carbocycles. The second-order valence-corrected chi connectivity index (χ2v) is 9.13. The third-order valence-corrected chi connectivity index (χ3v) is 6.45. The highest BCUT2D eigenvalue weighted by Crippen LogP contribution is 2.36. The molecule has 0 aromatic heterocycles. The van der Waals surface area contributed by atoms with Crippen molar-refractivity contribution in [2.75, 3.05) is 4.90 Å². The number of nitrogens with zero attached hydrogens (tertiary/aromatic N) is 1. The summed E-state index contributed by atoms with van der Waals surface area (Å²) in [5.41, 5.74) is 3.99. The quantitative estimate of drug-likeness (QED) is 0.293. The first-order valence-electron chi connectivity index (χ1n) is 9.87. The smallest absolute Gasteiger partial charge is 0.270 e. The molecule has 0 unspecified atom stereocenters. The van der Waals surface area contributed by atoms with E-state index in [9.17, 15) is 4.79 Å². The lowest BCUT2D eigenvalue weighted by molar-refractivity contribution is -0.113. The minimum atomic E-state index is -0.0951. The van der Waals surface area contributed by atoms with Crippen LogP contribution >= 0.6 is 35.6 Å². The molecule has 156 valence electrons. The first-order chi connectivity index (χ1) is 15.0. The molecule has 1 aliphatic rings. The van der Waals surface area contributed by atoms with Gasteiger partial charge in [-0.05, 0) is 65.6 Å². The van der Waals surface area contributed by atoms with Crippen molar-refractivity contribution in [1.29, 1.82) is 0 Å². The summed E-state index contributed by atoms with van der Waals surface area (Å²) in [4.78, 5) is 15.1. The predicted molar refractivity (Wildman–Crippen MR) is 134 cm³/mol. The van der Waals surface area contributed by atoms with Crippen LogP contribution in [0.15, 0.2) is 77.7 Å². The number of hydrogen-bond acceptors (Lipinski definition) is 4. The number of aryl methyl sites for hydroxylation is 1. The Labute approximate surface area is 196 Å². The summed E-state index contributed by atoms with van der Waals surface area (Å²) in [6.45, 7) is 2.57. The maximum atomic E-state index is 12.9. The highest BCUT2D eigenvalue weighted by atomic mass is 35.5. The SMILES string of the molecule is CCc1ccc(N2C(=O)/C(=C/c3ccc(OCc4ccc(Cl)cc4)cc3)SC2=S)cc1. The normalized spacial score (nSPS) is 15.0. The minimum absolute atomic E-state index is 0.0951. The summed E-state index contributed by atoms with van der Waals surface area (Å²) < 4.78 is 6.37. The van der Waals surface area contributed by atoms with Crippen molar-refractivity contribution >= 4 is 57.6 Å². The van der Waals surface area contributed by atoms with E-state index in [1.165, 1.54) is 17.3 Å². The molecule has 0 atom stereocenters. The van der Waals surface area contributed by atoms with Gasteiger partial charge in [-0.1, -0.05) is 78.9 Å². The molecule has 1 fully saturated rings. The lowest BCUT2D eigenvalue weighted by Crippen LogP contribution is -2.27. The summed E-state index contributed by atoms with van der Waals surface area (Å²) in [5, 5.41) is 0.705. The highest BCUT2D eigenvalue weighted by molar-refractivity contribution is 8.27. The van der Waals surface area contributed by atoms with Gasteiger partial charge in [0.25, 0.3) is 5.91 Å². The number of carbonyl (C=O) groups is 1. The van der Waals surface area contributed by atoms with E-state index in [1.807, 2.05) is 78.9 Å². The molecule has 0 spiro atoms. The Morgan fingerprint density at radius 1 is 0.968 bits per heavy atom. The number of thiocarbonyl (C=S) groups is 1. The molecule has 3 nitrogen and oxygen atoms in total. The van der Waals surface area contributed by atoms with Crippen LogP contribution in [-0.4, -0.2) is 10.2 Å². The van der Waals surface area contributed by atoms with E-state index >= 15 is 0 Å². The van der Waals surface area contributed by atoms with E-state index < -0.39 is 0 Å². The number of anilines is 1. The predicted octanol–water partition coefficient (Wildman–Crippen LogP) is 6.89. The Balaban J connectivity index is 1.43. The fourth-order valence-electron chi connectivity index (χ4n) is 3.13. The molecular weight excluding hydrogens is 446 g/mol. The number of benzene rings is 3. The van der Waals surface area contributed by atoms with Crippen LogP contribution in [0.25, 0.3) is 6.08 Å². The molecule has 4 rings (SSSR count). The van der Waals surface area contributed by atoms with E-state index in [0.717, 1.165) is 29.0 Å². The lowest BCUT2D eigenvalue weighted by Gasteiger charge is -2.14. The van der Waals surface area contributed by atoms with Gasteiger partial charge in [-0.25, -0.2) is 0 Å². The van der Waals surface area contributed by atoms with Crippen LogP contribution < -0.4 is 9.64 Å². The van der Waals surface area contributed by atoms with Crippen molar-refractivity contribution < 1.29 is 9.53 Å². The van der Waals surface area contributed by atoms with E-state index in [2.05, 4.69) is 6.92 Å². The molecule has 1 heterocycles. The summed E-state index contributed by atoms with van der Waals surface area (Å²) in [6.07, 6.45) is 2.82. The van der Waals surface area contributed by atoms with Crippen LogP contribution in [0.1, 0.15) is 23.6 Å².